The number of hydrogen-bond donors (Lipinski definition) is 1. The van der Waals surface area contributed by atoms with E-state index in [9.17, 15) is 14.9 Å². The van der Waals surface area contributed by atoms with E-state index in [2.05, 4.69) is 36.0 Å². The summed E-state index contributed by atoms with van der Waals surface area (Å²) in [7, 11) is 0. The lowest BCUT2D eigenvalue weighted by Gasteiger charge is -1.89. The van der Waals surface area contributed by atoms with Gasteiger partial charge in [-0.3, -0.25) is 4.79 Å². The average Bonchev–Trinajstić information content (AvgIpc) is 2.63. The lowest BCUT2D eigenvalue weighted by atomic mass is 10.3. The fourth-order valence-corrected chi connectivity index (χ4v) is 0.778. The predicted octanol–water partition coefficient (Wildman–Crippen LogP) is 0.343. The summed E-state index contributed by atoms with van der Waals surface area (Å²) in [6.45, 7) is 0. The van der Waals surface area contributed by atoms with Crippen LogP contribution in [0.2, 0.25) is 0 Å². The van der Waals surface area contributed by atoms with Crippen LogP contribution in [0.25, 0.3) is 0 Å². The molecule has 0 fully saturated rings. The van der Waals surface area contributed by atoms with Crippen LogP contribution in [0.1, 0.15) is 10.5 Å². The van der Waals surface area contributed by atoms with E-state index in [0.717, 1.165) is 0 Å². The van der Waals surface area contributed by atoms with Crippen LogP contribution >= 0.6 is 15.9 Å². The minimum Gasteiger partial charge on any atom is -0.410 e. The number of aromatic nitrogens is 2. The van der Waals surface area contributed by atoms with Gasteiger partial charge >= 0.3 is 5.82 Å². The maximum atomic E-state index is 11.2. The van der Waals surface area contributed by atoms with Crippen LogP contribution in [-0.2, 0) is 0 Å². The molecule has 0 aliphatic carbocycles. The fraction of sp³-hybridized carbons (Fsp3) is 0. The van der Waals surface area contributed by atoms with Crippen molar-refractivity contribution in [1.82, 2.24) is 10.3 Å². The lowest BCUT2D eigenvalue weighted by Crippen LogP contribution is -2.10. The quantitative estimate of drug-likeness (QED) is 0.274. The summed E-state index contributed by atoms with van der Waals surface area (Å²) in [5, 5.41) is 26.9. The molecule has 0 bridgehead atoms. The topological polar surface area (TPSA) is 132 Å². The highest BCUT2D eigenvalue weighted by molar-refractivity contribution is 9.19. The first-order valence-corrected chi connectivity index (χ1v) is 3.76. The van der Waals surface area contributed by atoms with Crippen LogP contribution in [0.4, 0.5) is 5.82 Å². The summed E-state index contributed by atoms with van der Waals surface area (Å²) in [4.78, 5) is 20.5. The standard InChI is InChI=1S/C4HBrN4O5/c5-3(6-11)2(10)1-4(9(12)13)8-14-7-1/h11H. The number of carbonyl (C=O) groups is 1. The number of rotatable bonds is 3. The zero-order chi connectivity index (χ0) is 10.7. The van der Waals surface area contributed by atoms with Gasteiger partial charge < -0.3 is 15.3 Å². The molecule has 1 N–H and O–H groups in total. The van der Waals surface area contributed by atoms with E-state index in [-0.39, 0.29) is 0 Å². The van der Waals surface area contributed by atoms with E-state index >= 15 is 0 Å². The van der Waals surface area contributed by atoms with E-state index in [4.69, 9.17) is 5.21 Å². The molecule has 0 saturated heterocycles. The Labute approximate surface area is 83.6 Å². The maximum absolute atomic E-state index is 11.2. The van der Waals surface area contributed by atoms with Crippen LogP contribution in [0.5, 0.6) is 0 Å². The summed E-state index contributed by atoms with van der Waals surface area (Å²) >= 11 is 2.57. The molecule has 0 radical (unpaired) electrons. The second-order valence-corrected chi connectivity index (χ2v) is 2.66. The molecule has 0 saturated carbocycles. The lowest BCUT2D eigenvalue weighted by molar-refractivity contribution is -0.391. The Morgan fingerprint density at radius 1 is 1.64 bits per heavy atom. The van der Waals surface area contributed by atoms with Gasteiger partial charge in [-0.05, 0) is 26.0 Å². The number of Topliss-reactive ketones (excluding diaryl/α,β-unsaturated/α-hetero) is 1. The Morgan fingerprint density at radius 3 is 2.79 bits per heavy atom. The van der Waals surface area contributed by atoms with E-state index < -0.39 is 26.8 Å². The van der Waals surface area contributed by atoms with Gasteiger partial charge in [0.05, 0.1) is 0 Å². The van der Waals surface area contributed by atoms with Crippen molar-refractivity contribution in [3.63, 3.8) is 0 Å². The molecule has 1 heterocycles. The second-order valence-electron chi connectivity index (χ2n) is 1.91. The normalized spacial score (nSPS) is 11.4. The van der Waals surface area contributed by atoms with Crippen LogP contribution in [-0.4, -0.2) is 30.8 Å². The molecule has 74 valence electrons. The third kappa shape index (κ3) is 1.74. The first-order valence-electron chi connectivity index (χ1n) is 2.97. The average molecular weight is 265 g/mol. The molecule has 14 heavy (non-hydrogen) atoms. The van der Waals surface area contributed by atoms with Gasteiger partial charge in [-0.15, -0.1) is 4.63 Å². The smallest absolute Gasteiger partial charge is 0.410 e. The Balaban J connectivity index is 3.14. The molecular weight excluding hydrogens is 264 g/mol. The minimum absolute atomic E-state index is 0.531. The van der Waals surface area contributed by atoms with E-state index in [1.807, 2.05) is 0 Å². The van der Waals surface area contributed by atoms with Gasteiger partial charge in [0.15, 0.2) is 9.78 Å². The molecule has 0 aliphatic rings. The number of hydrogen-bond acceptors (Lipinski definition) is 8. The van der Waals surface area contributed by atoms with Crippen molar-refractivity contribution in [2.45, 2.75) is 0 Å². The third-order valence-corrected chi connectivity index (χ3v) is 1.65. The number of halogens is 1. The Bertz CT molecular complexity index is 412. The van der Waals surface area contributed by atoms with Crippen molar-refractivity contribution < 1.29 is 19.6 Å². The highest BCUT2D eigenvalue weighted by atomic mass is 79.9. The van der Waals surface area contributed by atoms with Gasteiger partial charge in [-0.25, -0.2) is 0 Å². The minimum atomic E-state index is -1.000. The zero-order valence-electron chi connectivity index (χ0n) is 6.25. The number of ketones is 1. The summed E-state index contributed by atoms with van der Waals surface area (Å²) < 4.78 is 3.47. The number of nitrogens with zero attached hydrogens (tertiary/aromatic N) is 4. The summed E-state index contributed by atoms with van der Waals surface area (Å²) in [5.41, 5.74) is -0.639. The van der Waals surface area contributed by atoms with E-state index in [0.29, 0.717) is 0 Å². The Kier molecular flexibility index (Phi) is 2.86. The van der Waals surface area contributed by atoms with Crippen molar-refractivity contribution in [1.29, 1.82) is 0 Å². The molecule has 1 aromatic rings. The highest BCUT2D eigenvalue weighted by Gasteiger charge is 2.30. The van der Waals surface area contributed by atoms with Crippen LogP contribution in [0.3, 0.4) is 0 Å². The third-order valence-electron chi connectivity index (χ3n) is 1.13. The molecule has 0 amide bonds. The summed E-state index contributed by atoms with van der Waals surface area (Å²) in [6.07, 6.45) is 0. The monoisotopic (exact) mass is 264 g/mol. The highest BCUT2D eigenvalue weighted by Crippen LogP contribution is 2.14. The molecule has 0 aliphatic heterocycles. The van der Waals surface area contributed by atoms with Crippen molar-refractivity contribution in [3.05, 3.63) is 15.8 Å². The Morgan fingerprint density at radius 2 is 2.29 bits per heavy atom. The van der Waals surface area contributed by atoms with Gasteiger partial charge in [0, 0.05) is 0 Å². The van der Waals surface area contributed by atoms with E-state index in [1.165, 1.54) is 0 Å². The molecule has 0 aromatic carbocycles. The molecule has 9 nitrogen and oxygen atoms in total. The van der Waals surface area contributed by atoms with Crippen molar-refractivity contribution >= 4 is 32.2 Å². The summed E-state index contributed by atoms with van der Waals surface area (Å²) in [6, 6.07) is 0. The van der Waals surface area contributed by atoms with Gasteiger partial charge in [-0.2, -0.15) is 0 Å². The number of nitro groups is 1. The van der Waals surface area contributed by atoms with Crippen LogP contribution in [0, 0.1) is 10.1 Å². The fourth-order valence-electron chi connectivity index (χ4n) is 0.590. The van der Waals surface area contributed by atoms with Gasteiger partial charge in [0.1, 0.15) is 0 Å². The molecule has 0 unspecified atom stereocenters. The van der Waals surface area contributed by atoms with Crippen LogP contribution in [0.15, 0.2) is 9.78 Å². The molecule has 0 atom stereocenters. The molecule has 1 rings (SSSR count). The van der Waals surface area contributed by atoms with Crippen LogP contribution < -0.4 is 0 Å². The van der Waals surface area contributed by atoms with Gasteiger partial charge in [0.25, 0.3) is 11.5 Å². The largest absolute Gasteiger partial charge is 0.446 e. The maximum Gasteiger partial charge on any atom is 0.446 e. The Hall–Kier alpha value is -1.84. The van der Waals surface area contributed by atoms with Gasteiger partial charge in [-0.1, -0.05) is 5.16 Å². The molecule has 1 aromatic heterocycles. The number of oxime groups is 1. The van der Waals surface area contributed by atoms with Gasteiger partial charge in [0.2, 0.25) is 0 Å². The van der Waals surface area contributed by atoms with Crippen molar-refractivity contribution in [3.8, 4) is 0 Å². The first kappa shape index (κ1) is 10.2. The second kappa shape index (κ2) is 3.91. The molecular formula is C4HBrN4O5. The van der Waals surface area contributed by atoms with Crippen molar-refractivity contribution in [2.24, 2.45) is 5.16 Å². The molecule has 10 heteroatoms. The SMILES string of the molecule is O=C(C(Br)=NO)c1nonc1[N+](=O)[O-]. The zero-order valence-corrected chi connectivity index (χ0v) is 7.83. The molecule has 0 spiro atoms. The predicted molar refractivity (Wildman–Crippen MR) is 43.4 cm³/mol. The van der Waals surface area contributed by atoms with Crippen molar-refractivity contribution in [2.75, 3.05) is 0 Å². The first-order chi connectivity index (χ1) is 6.57. The van der Waals surface area contributed by atoms with E-state index in [1.54, 1.807) is 0 Å². The summed E-state index contributed by atoms with van der Waals surface area (Å²) in [5.74, 6) is -1.84. The number of carbonyl (C=O) groups excluding carboxylic acids is 1.